The maximum Gasteiger partial charge on any atom is 0.0663 e. The van der Waals surface area contributed by atoms with Crippen molar-refractivity contribution in [2.24, 2.45) is 0 Å². The third kappa shape index (κ3) is 4.71. The Kier molecular flexibility index (Phi) is 4.75. The van der Waals surface area contributed by atoms with Crippen molar-refractivity contribution in [1.82, 2.24) is 0 Å². The molecule has 0 spiro atoms. The molecule has 0 saturated heterocycles. The Morgan fingerprint density at radius 3 is 1.95 bits per heavy atom. The molecule has 0 heterocycles. The summed E-state index contributed by atoms with van der Waals surface area (Å²) in [7, 11) is 0. The normalized spacial score (nSPS) is 12.7. The van der Waals surface area contributed by atoms with Gasteiger partial charge < -0.3 is 5.32 Å². The molecule has 20 heavy (non-hydrogen) atoms. The fourth-order valence-electron chi connectivity index (χ4n) is 1.98. The average molecular weight is 278 g/mol. The summed E-state index contributed by atoms with van der Waals surface area (Å²) in [5.74, 6) is 0.420. The van der Waals surface area contributed by atoms with Gasteiger partial charge in [0.2, 0.25) is 0 Å². The SMILES string of the molecule is CC(C)c1cc(NC(C)(C)C)cc(N(O)C(C)(C)C)c1. The van der Waals surface area contributed by atoms with Crippen LogP contribution < -0.4 is 10.4 Å². The van der Waals surface area contributed by atoms with Crippen molar-refractivity contribution in [3.05, 3.63) is 23.8 Å². The van der Waals surface area contributed by atoms with Crippen molar-refractivity contribution >= 4 is 11.4 Å². The first kappa shape index (κ1) is 16.8. The van der Waals surface area contributed by atoms with Crippen LogP contribution in [0.1, 0.15) is 66.9 Å². The van der Waals surface area contributed by atoms with E-state index in [-0.39, 0.29) is 11.1 Å². The van der Waals surface area contributed by atoms with Gasteiger partial charge in [0.1, 0.15) is 0 Å². The highest BCUT2D eigenvalue weighted by atomic mass is 16.5. The number of rotatable bonds is 3. The fourth-order valence-corrected chi connectivity index (χ4v) is 1.98. The zero-order chi connectivity index (χ0) is 15.7. The molecular weight excluding hydrogens is 248 g/mol. The molecule has 0 aliphatic heterocycles. The molecular formula is C17H30N2O. The highest BCUT2D eigenvalue weighted by molar-refractivity contribution is 5.61. The molecule has 2 N–H and O–H groups in total. The van der Waals surface area contributed by atoms with Crippen LogP contribution >= 0.6 is 0 Å². The molecule has 0 amide bonds. The Bertz CT molecular complexity index is 453. The highest BCUT2D eigenvalue weighted by Crippen LogP contribution is 2.30. The second-order valence-electron chi connectivity index (χ2n) is 7.83. The van der Waals surface area contributed by atoms with E-state index in [9.17, 15) is 5.21 Å². The molecule has 0 bridgehead atoms. The van der Waals surface area contributed by atoms with Gasteiger partial charge in [-0.3, -0.25) is 10.3 Å². The van der Waals surface area contributed by atoms with Gasteiger partial charge in [0.15, 0.2) is 0 Å². The van der Waals surface area contributed by atoms with Crippen molar-refractivity contribution < 1.29 is 5.21 Å². The van der Waals surface area contributed by atoms with Crippen LogP contribution in [-0.4, -0.2) is 16.3 Å². The smallest absolute Gasteiger partial charge is 0.0663 e. The summed E-state index contributed by atoms with van der Waals surface area (Å²) in [5, 5.41) is 15.2. The predicted octanol–water partition coefficient (Wildman–Crippen LogP) is 5.01. The van der Waals surface area contributed by atoms with Crippen molar-refractivity contribution in [2.75, 3.05) is 10.4 Å². The Balaban J connectivity index is 3.24. The number of hydroxylamine groups is 1. The molecule has 0 saturated carbocycles. The van der Waals surface area contributed by atoms with Gasteiger partial charge >= 0.3 is 0 Å². The molecule has 0 aliphatic carbocycles. The molecule has 1 aromatic carbocycles. The topological polar surface area (TPSA) is 35.5 Å². The standard InChI is InChI=1S/C17H30N2O/c1-12(2)13-9-14(18-16(3,4)5)11-15(10-13)19(20)17(6,7)8/h9-12,18,20H,1-8H3. The van der Waals surface area contributed by atoms with E-state index in [1.165, 1.54) is 10.6 Å². The van der Waals surface area contributed by atoms with E-state index in [1.807, 2.05) is 26.8 Å². The summed E-state index contributed by atoms with van der Waals surface area (Å²) in [5.41, 5.74) is 2.76. The largest absolute Gasteiger partial charge is 0.380 e. The minimum absolute atomic E-state index is 0.00507. The molecule has 3 nitrogen and oxygen atoms in total. The van der Waals surface area contributed by atoms with Crippen LogP contribution in [0.3, 0.4) is 0 Å². The lowest BCUT2D eigenvalue weighted by Crippen LogP contribution is -2.38. The summed E-state index contributed by atoms with van der Waals surface area (Å²) in [4.78, 5) is 0. The van der Waals surface area contributed by atoms with E-state index >= 15 is 0 Å². The maximum atomic E-state index is 10.4. The van der Waals surface area contributed by atoms with Crippen molar-refractivity contribution in [2.45, 2.75) is 72.4 Å². The zero-order valence-electron chi connectivity index (χ0n) is 14.2. The number of nitrogens with zero attached hydrogens (tertiary/aromatic N) is 1. The summed E-state index contributed by atoms with van der Waals surface area (Å²) in [6.45, 7) is 16.7. The molecule has 0 aliphatic rings. The van der Waals surface area contributed by atoms with E-state index < -0.39 is 0 Å². The Morgan fingerprint density at radius 2 is 1.55 bits per heavy atom. The van der Waals surface area contributed by atoms with Crippen LogP contribution in [-0.2, 0) is 0 Å². The van der Waals surface area contributed by atoms with Crippen molar-refractivity contribution in [1.29, 1.82) is 0 Å². The van der Waals surface area contributed by atoms with Gasteiger partial charge in [-0.1, -0.05) is 13.8 Å². The number of nitrogens with one attached hydrogen (secondary N) is 1. The van der Waals surface area contributed by atoms with Crippen LogP contribution in [0.15, 0.2) is 18.2 Å². The number of hydrogen-bond donors (Lipinski definition) is 2. The maximum absolute atomic E-state index is 10.4. The van der Waals surface area contributed by atoms with Gasteiger partial charge in [0, 0.05) is 11.2 Å². The summed E-state index contributed by atoms with van der Waals surface area (Å²) >= 11 is 0. The molecule has 0 aromatic heterocycles. The lowest BCUT2D eigenvalue weighted by atomic mass is 9.99. The van der Waals surface area contributed by atoms with Gasteiger partial charge in [0.25, 0.3) is 0 Å². The molecule has 114 valence electrons. The summed E-state index contributed by atoms with van der Waals surface area (Å²) in [6, 6.07) is 6.22. The monoisotopic (exact) mass is 278 g/mol. The number of benzene rings is 1. The van der Waals surface area contributed by atoms with E-state index in [4.69, 9.17) is 0 Å². The first-order chi connectivity index (χ1) is 8.90. The van der Waals surface area contributed by atoms with E-state index in [1.54, 1.807) is 0 Å². The quantitative estimate of drug-likeness (QED) is 0.762. The van der Waals surface area contributed by atoms with Crippen LogP contribution in [0.2, 0.25) is 0 Å². The summed E-state index contributed by atoms with van der Waals surface area (Å²) < 4.78 is 0. The van der Waals surface area contributed by atoms with Crippen LogP contribution in [0.25, 0.3) is 0 Å². The van der Waals surface area contributed by atoms with Gasteiger partial charge in [-0.05, 0) is 71.2 Å². The van der Waals surface area contributed by atoms with Gasteiger partial charge in [-0.25, -0.2) is 0 Å². The molecule has 1 aromatic rings. The summed E-state index contributed by atoms with van der Waals surface area (Å²) in [6.07, 6.45) is 0. The predicted molar refractivity (Wildman–Crippen MR) is 87.9 cm³/mol. The molecule has 0 radical (unpaired) electrons. The van der Waals surface area contributed by atoms with Gasteiger partial charge in [-0.2, -0.15) is 0 Å². The van der Waals surface area contributed by atoms with Crippen LogP contribution in [0.4, 0.5) is 11.4 Å². The average Bonchev–Trinajstić information content (AvgIpc) is 2.23. The van der Waals surface area contributed by atoms with Crippen molar-refractivity contribution in [3.8, 4) is 0 Å². The second-order valence-corrected chi connectivity index (χ2v) is 7.83. The third-order valence-electron chi connectivity index (χ3n) is 3.01. The van der Waals surface area contributed by atoms with E-state index in [2.05, 4.69) is 52.1 Å². The Labute approximate surface area is 124 Å². The van der Waals surface area contributed by atoms with E-state index in [0.29, 0.717) is 5.92 Å². The van der Waals surface area contributed by atoms with Gasteiger partial charge in [0.05, 0.1) is 11.2 Å². The third-order valence-corrected chi connectivity index (χ3v) is 3.01. The molecule has 0 atom stereocenters. The lowest BCUT2D eigenvalue weighted by molar-refractivity contribution is 0.181. The minimum atomic E-state index is -0.325. The van der Waals surface area contributed by atoms with Crippen molar-refractivity contribution in [3.63, 3.8) is 0 Å². The molecule has 1 rings (SSSR count). The molecule has 0 fully saturated rings. The first-order valence-corrected chi connectivity index (χ1v) is 7.32. The fraction of sp³-hybridized carbons (Fsp3) is 0.647. The lowest BCUT2D eigenvalue weighted by Gasteiger charge is -2.33. The molecule has 0 unspecified atom stereocenters. The van der Waals surface area contributed by atoms with Crippen LogP contribution in [0.5, 0.6) is 0 Å². The number of hydrogen-bond acceptors (Lipinski definition) is 3. The Morgan fingerprint density at radius 1 is 1.00 bits per heavy atom. The highest BCUT2D eigenvalue weighted by Gasteiger charge is 2.21. The van der Waals surface area contributed by atoms with Crippen LogP contribution in [0, 0.1) is 0 Å². The van der Waals surface area contributed by atoms with Gasteiger partial charge in [-0.15, -0.1) is 0 Å². The minimum Gasteiger partial charge on any atom is -0.380 e. The molecule has 3 heteroatoms. The second kappa shape index (κ2) is 5.65. The number of anilines is 2. The zero-order valence-corrected chi connectivity index (χ0v) is 14.2. The van der Waals surface area contributed by atoms with E-state index in [0.717, 1.165) is 11.4 Å². The first-order valence-electron chi connectivity index (χ1n) is 7.32. The Hall–Kier alpha value is -1.22.